The number of anilines is 3. The number of carbonyl (C=O) groups excluding carboxylic acids is 2. The lowest BCUT2D eigenvalue weighted by molar-refractivity contribution is 0.0998. The number of aromatic amines is 1. The minimum absolute atomic E-state index is 0.0115. The van der Waals surface area contributed by atoms with Gasteiger partial charge in [0.1, 0.15) is 11.5 Å². The van der Waals surface area contributed by atoms with E-state index in [2.05, 4.69) is 71.2 Å². The molecule has 2 aromatic heterocycles. The number of nitrogens with two attached hydrogens (primary N) is 1. The molecule has 7 aromatic rings. The number of sulfone groups is 1. The second kappa shape index (κ2) is 20.7. The minimum Gasteiger partial charge on any atom is -0.506 e. The summed E-state index contributed by atoms with van der Waals surface area (Å²) >= 11 is 0. The third-order valence-corrected chi connectivity index (χ3v) is 18.9. The predicted octanol–water partition coefficient (Wildman–Crippen LogP) is 9.85. The number of unbranched alkanes of at least 4 members (excludes halogenated alkanes) is 1. The first kappa shape index (κ1) is 50.6. The van der Waals surface area contributed by atoms with Gasteiger partial charge < -0.3 is 40.5 Å². The van der Waals surface area contributed by atoms with E-state index in [1.165, 1.54) is 55.8 Å². The summed E-state index contributed by atoms with van der Waals surface area (Å²) in [6.45, 7) is 14.1. The smallest absolute Gasteiger partial charge is 0.255 e. The molecule has 0 bridgehead atoms. The van der Waals surface area contributed by atoms with Crippen LogP contribution in [-0.2, 0) is 14.3 Å². The van der Waals surface area contributed by atoms with Crippen LogP contribution in [0.3, 0.4) is 0 Å². The summed E-state index contributed by atoms with van der Waals surface area (Å²) in [7, 11) is -2.84. The molecule has 6 N–H and O–H groups in total. The third-order valence-electron chi connectivity index (χ3n) is 12.6. The van der Waals surface area contributed by atoms with Gasteiger partial charge in [-0.15, -0.1) is 0 Å². The van der Waals surface area contributed by atoms with E-state index in [9.17, 15) is 27.9 Å². The third kappa shape index (κ3) is 11.4. The number of phenols is 1. The van der Waals surface area contributed by atoms with Gasteiger partial charge in [0, 0.05) is 64.6 Å². The number of H-pyrrole nitrogens is 1. The fourth-order valence-corrected chi connectivity index (χ4v) is 10.5. The van der Waals surface area contributed by atoms with Gasteiger partial charge in [0.15, 0.2) is 8.32 Å². The molecule has 70 heavy (non-hydrogen) atoms. The van der Waals surface area contributed by atoms with Gasteiger partial charge in [0.2, 0.25) is 15.4 Å². The second-order valence-electron chi connectivity index (χ2n) is 18.8. The highest BCUT2D eigenvalue weighted by atomic mass is 32.2. The predicted molar refractivity (Wildman–Crippen MR) is 278 cm³/mol. The van der Waals surface area contributed by atoms with Gasteiger partial charge in [-0.3, -0.25) is 19.4 Å². The standard InChI is InChI=1S/C54H58N6O8SSi/c1-34-28-41(31-44-49(34)56-32-45(52(55)63)50(44)57-38-16-13-17-39(30-38)67-6)69(65,66)40-18-12-15-36(29-40)53(64)58-37-21-19-35(20-22-37)14-10-9-11-27-60(5)33-47(68-70(7,8)54(2,3)4)42-23-25-46(61)51-43(42)24-26-48(62)59-51/h12-13,15-26,28-32,47,61H,9,11,27,33H2,1-8H3,(H2,55,63)(H,56,57)(H,58,64)(H,59,62). The summed E-state index contributed by atoms with van der Waals surface area (Å²) in [5.74, 6) is 5.79. The van der Waals surface area contributed by atoms with Crippen molar-refractivity contribution in [2.24, 2.45) is 5.73 Å². The molecule has 0 fully saturated rings. The summed E-state index contributed by atoms with van der Waals surface area (Å²) in [5.41, 5.74) is 10.1. The van der Waals surface area contributed by atoms with E-state index in [0.717, 1.165) is 29.5 Å². The molecule has 0 radical (unpaired) electrons. The van der Waals surface area contributed by atoms with Crippen LogP contribution in [0.1, 0.15) is 77.1 Å². The fraction of sp³-hybridized carbons (Fsp3) is 0.259. The van der Waals surface area contributed by atoms with Crippen molar-refractivity contribution < 1.29 is 32.3 Å². The molecule has 0 aliphatic carbocycles. The maximum Gasteiger partial charge on any atom is 0.255 e. The molecule has 2 amide bonds. The summed E-state index contributed by atoms with van der Waals surface area (Å²) in [4.78, 5) is 47.5. The Kier molecular flexibility index (Phi) is 15.0. The second-order valence-corrected chi connectivity index (χ2v) is 25.5. The van der Waals surface area contributed by atoms with E-state index < -0.39 is 30.0 Å². The van der Waals surface area contributed by atoms with E-state index in [0.29, 0.717) is 52.1 Å². The topological polar surface area (TPSA) is 206 Å². The maximum absolute atomic E-state index is 14.2. The van der Waals surface area contributed by atoms with Crippen LogP contribution < -0.4 is 26.7 Å². The lowest BCUT2D eigenvalue weighted by Crippen LogP contribution is -2.43. The van der Waals surface area contributed by atoms with Crippen molar-refractivity contribution in [1.82, 2.24) is 14.9 Å². The number of methoxy groups -OCH3 is 1. The zero-order valence-corrected chi connectivity index (χ0v) is 42.4. The Morgan fingerprint density at radius 3 is 2.39 bits per heavy atom. The first-order valence-corrected chi connectivity index (χ1v) is 27.2. The van der Waals surface area contributed by atoms with Gasteiger partial charge in [-0.05, 0) is 135 Å². The van der Waals surface area contributed by atoms with Crippen molar-refractivity contribution in [3.63, 3.8) is 0 Å². The van der Waals surface area contributed by atoms with Gasteiger partial charge in [-0.1, -0.05) is 50.8 Å². The van der Waals surface area contributed by atoms with Crippen molar-refractivity contribution in [2.75, 3.05) is 37.9 Å². The van der Waals surface area contributed by atoms with Crippen molar-refractivity contribution in [3.8, 4) is 23.3 Å². The Labute approximate surface area is 409 Å². The van der Waals surface area contributed by atoms with Crippen LogP contribution in [0, 0.1) is 18.8 Å². The summed E-state index contributed by atoms with van der Waals surface area (Å²) in [6, 6.07) is 29.6. The average Bonchev–Trinajstić information content (AvgIpc) is 3.31. The Morgan fingerprint density at radius 2 is 1.67 bits per heavy atom. The van der Waals surface area contributed by atoms with Crippen molar-refractivity contribution in [1.29, 1.82) is 0 Å². The lowest BCUT2D eigenvalue weighted by atomic mass is 10.0. The van der Waals surface area contributed by atoms with Crippen LogP contribution >= 0.6 is 0 Å². The fourth-order valence-electron chi connectivity index (χ4n) is 7.80. The number of rotatable bonds is 16. The Morgan fingerprint density at radius 1 is 0.929 bits per heavy atom. The number of amides is 2. The molecular weight excluding hydrogens is 921 g/mol. The normalized spacial score (nSPS) is 12.4. The highest BCUT2D eigenvalue weighted by molar-refractivity contribution is 7.91. The first-order valence-electron chi connectivity index (χ1n) is 22.8. The number of aryl methyl sites for hydroxylation is 1. The molecule has 1 unspecified atom stereocenters. The molecule has 16 heteroatoms. The number of aromatic nitrogens is 2. The molecule has 1 atom stereocenters. The van der Waals surface area contributed by atoms with Gasteiger partial charge >= 0.3 is 0 Å². The van der Waals surface area contributed by atoms with Crippen LogP contribution in [0.2, 0.25) is 18.1 Å². The van der Waals surface area contributed by atoms with Crippen LogP contribution in [0.15, 0.2) is 130 Å². The van der Waals surface area contributed by atoms with Crippen molar-refractivity contribution >= 4 is 68.8 Å². The monoisotopic (exact) mass is 978 g/mol. The number of ether oxygens (including phenoxy) is 1. The molecule has 0 aliphatic heterocycles. The number of aromatic hydroxyl groups is 1. The quantitative estimate of drug-likeness (QED) is 0.0350. The van der Waals surface area contributed by atoms with Crippen molar-refractivity contribution in [3.05, 3.63) is 154 Å². The molecule has 5 aromatic carbocycles. The Hall–Kier alpha value is -7.29. The molecule has 0 saturated heterocycles. The van der Waals surface area contributed by atoms with E-state index in [1.54, 1.807) is 55.5 Å². The van der Waals surface area contributed by atoms with E-state index in [-0.39, 0.29) is 49.1 Å². The number of primary amides is 1. The zero-order chi connectivity index (χ0) is 50.5. The molecule has 2 heterocycles. The van der Waals surface area contributed by atoms with E-state index in [1.807, 2.05) is 25.2 Å². The van der Waals surface area contributed by atoms with Gasteiger partial charge in [-0.25, -0.2) is 8.42 Å². The Bertz CT molecular complexity index is 3360. The van der Waals surface area contributed by atoms with Gasteiger partial charge in [-0.2, -0.15) is 0 Å². The highest BCUT2D eigenvalue weighted by Gasteiger charge is 2.40. The molecular formula is C54H58N6O8SSi. The first-order chi connectivity index (χ1) is 33.1. The number of benzene rings is 5. The molecule has 0 saturated carbocycles. The number of likely N-dealkylation sites (N-methyl/N-ethyl adjacent to an activating group) is 1. The number of hydrogen-bond donors (Lipinski definition) is 5. The van der Waals surface area contributed by atoms with E-state index in [4.69, 9.17) is 14.9 Å². The van der Waals surface area contributed by atoms with Gasteiger partial charge in [0.05, 0.1) is 45.3 Å². The van der Waals surface area contributed by atoms with Crippen LogP contribution in [0.5, 0.6) is 11.5 Å². The zero-order valence-electron chi connectivity index (χ0n) is 40.6. The molecule has 0 aliphatic rings. The minimum atomic E-state index is -4.19. The summed E-state index contributed by atoms with van der Waals surface area (Å²) in [5, 5.41) is 17.7. The SMILES string of the molecule is COc1cccc(Nc2c(C(N)=O)cnc3c(C)cc(S(=O)(=O)c4cccc(C(=O)Nc5ccc(C#CCCCN(C)CC(O[Si](C)(C)C(C)(C)C)c6ccc(O)c7[nH]c(=O)ccc67)cc5)c4)cc23)c1. The number of nitrogens with zero attached hydrogens (tertiary/aromatic N) is 2. The largest absolute Gasteiger partial charge is 0.506 e. The van der Waals surface area contributed by atoms with E-state index >= 15 is 0 Å². The van der Waals surface area contributed by atoms with Crippen LogP contribution in [0.25, 0.3) is 21.8 Å². The van der Waals surface area contributed by atoms with Crippen molar-refractivity contribution in [2.45, 2.75) is 74.6 Å². The van der Waals surface area contributed by atoms with Crippen LogP contribution in [-0.4, -0.2) is 75.8 Å². The number of pyridine rings is 2. The number of hydrogen-bond acceptors (Lipinski definition) is 11. The number of phenolic OH excluding ortho intramolecular Hbond substituents is 1. The lowest BCUT2D eigenvalue weighted by Gasteiger charge is -2.40. The summed E-state index contributed by atoms with van der Waals surface area (Å²) in [6.07, 6.45) is 2.51. The molecule has 14 nitrogen and oxygen atoms in total. The Balaban J connectivity index is 0.997. The van der Waals surface area contributed by atoms with Gasteiger partial charge in [0.25, 0.3) is 11.8 Å². The maximum atomic E-state index is 14.2. The number of carbonyl (C=O) groups is 2. The number of nitrogens with one attached hydrogen (secondary N) is 3. The molecule has 362 valence electrons. The average molecular weight is 979 g/mol. The number of fused-ring (bicyclic) bond motifs is 2. The highest BCUT2D eigenvalue weighted by Crippen LogP contribution is 2.42. The summed E-state index contributed by atoms with van der Waals surface area (Å²) < 4.78 is 40.8. The molecule has 7 rings (SSSR count). The molecule has 0 spiro atoms. The van der Waals surface area contributed by atoms with Crippen LogP contribution in [0.4, 0.5) is 17.1 Å².